The molecule has 2 rings (SSSR count). The molecule has 1 unspecified atom stereocenters. The number of ether oxygens (including phenoxy) is 1. The van der Waals surface area contributed by atoms with Crippen molar-refractivity contribution in [2.24, 2.45) is 0 Å². The van der Waals surface area contributed by atoms with Gasteiger partial charge >= 0.3 is 0 Å². The molecular formula is C18H24N2O. The molecule has 0 bridgehead atoms. The van der Waals surface area contributed by atoms with Gasteiger partial charge in [0, 0.05) is 6.04 Å². The van der Waals surface area contributed by atoms with E-state index < -0.39 is 0 Å². The van der Waals surface area contributed by atoms with Crippen molar-refractivity contribution in [3.8, 4) is 11.5 Å². The van der Waals surface area contributed by atoms with Crippen molar-refractivity contribution in [1.82, 2.24) is 10.3 Å². The fourth-order valence-corrected chi connectivity index (χ4v) is 2.20. The summed E-state index contributed by atoms with van der Waals surface area (Å²) in [7, 11) is 0. The van der Waals surface area contributed by atoms with Crippen LogP contribution in [0.15, 0.2) is 42.6 Å². The van der Waals surface area contributed by atoms with Gasteiger partial charge in [-0.3, -0.25) is 4.98 Å². The van der Waals surface area contributed by atoms with E-state index in [1.54, 1.807) is 6.20 Å². The van der Waals surface area contributed by atoms with Crippen LogP contribution >= 0.6 is 0 Å². The number of pyridine rings is 1. The smallest absolute Gasteiger partial charge is 0.145 e. The van der Waals surface area contributed by atoms with Gasteiger partial charge in [0.25, 0.3) is 0 Å². The number of nitrogens with one attached hydrogen (secondary N) is 1. The lowest BCUT2D eigenvalue weighted by atomic mass is 10.1. The molecule has 1 N–H and O–H groups in total. The number of rotatable bonds is 7. The summed E-state index contributed by atoms with van der Waals surface area (Å²) in [6.07, 6.45) is 3.88. The zero-order valence-corrected chi connectivity index (χ0v) is 13.1. The van der Waals surface area contributed by atoms with E-state index in [-0.39, 0.29) is 6.04 Å². The Hall–Kier alpha value is -1.87. The minimum Gasteiger partial charge on any atom is -0.455 e. The van der Waals surface area contributed by atoms with Gasteiger partial charge in [0.05, 0.1) is 11.9 Å². The maximum absolute atomic E-state index is 5.93. The summed E-state index contributed by atoms with van der Waals surface area (Å²) in [5.41, 5.74) is 2.25. The fraction of sp³-hybridized carbons (Fsp3) is 0.389. The highest BCUT2D eigenvalue weighted by Crippen LogP contribution is 2.25. The van der Waals surface area contributed by atoms with Gasteiger partial charge in [-0.05, 0) is 50.1 Å². The Labute approximate surface area is 127 Å². The molecule has 1 aromatic heterocycles. The first-order valence-corrected chi connectivity index (χ1v) is 7.69. The molecule has 21 heavy (non-hydrogen) atoms. The third-order valence-corrected chi connectivity index (χ3v) is 3.48. The molecule has 3 nitrogen and oxygen atoms in total. The summed E-state index contributed by atoms with van der Waals surface area (Å²) in [6, 6.07) is 12.4. The Balaban J connectivity index is 2.05. The molecule has 0 saturated heterocycles. The molecule has 0 aliphatic rings. The zero-order chi connectivity index (χ0) is 15.1. The van der Waals surface area contributed by atoms with E-state index in [0.717, 1.165) is 36.6 Å². The fourth-order valence-electron chi connectivity index (χ4n) is 2.20. The van der Waals surface area contributed by atoms with E-state index in [2.05, 4.69) is 37.1 Å². The average Bonchev–Trinajstić information content (AvgIpc) is 2.54. The monoisotopic (exact) mass is 284 g/mol. The number of hydrogen-bond acceptors (Lipinski definition) is 3. The second-order valence-electron chi connectivity index (χ2n) is 5.16. The molecule has 112 valence electrons. The Morgan fingerprint density at radius 2 is 1.95 bits per heavy atom. The van der Waals surface area contributed by atoms with Crippen molar-refractivity contribution in [2.45, 2.75) is 39.7 Å². The van der Waals surface area contributed by atoms with Crippen molar-refractivity contribution >= 4 is 0 Å². The lowest BCUT2D eigenvalue weighted by molar-refractivity contribution is 0.472. The molecule has 0 fully saturated rings. The van der Waals surface area contributed by atoms with Gasteiger partial charge in [-0.2, -0.15) is 0 Å². The second kappa shape index (κ2) is 7.79. The number of hydrogen-bond donors (Lipinski definition) is 1. The second-order valence-corrected chi connectivity index (χ2v) is 5.16. The van der Waals surface area contributed by atoms with E-state index in [0.29, 0.717) is 0 Å². The first-order chi connectivity index (χ1) is 10.2. The molecule has 1 atom stereocenters. The van der Waals surface area contributed by atoms with E-state index in [9.17, 15) is 0 Å². The Morgan fingerprint density at radius 1 is 1.14 bits per heavy atom. The van der Waals surface area contributed by atoms with Crippen LogP contribution in [0.1, 0.15) is 44.5 Å². The lowest BCUT2D eigenvalue weighted by Gasteiger charge is -2.14. The first-order valence-electron chi connectivity index (χ1n) is 7.69. The Bertz CT molecular complexity index is 551. The molecule has 1 heterocycles. The zero-order valence-electron chi connectivity index (χ0n) is 13.1. The third-order valence-electron chi connectivity index (χ3n) is 3.48. The number of aryl methyl sites for hydroxylation is 1. The molecule has 0 aliphatic heterocycles. The van der Waals surface area contributed by atoms with Crippen LogP contribution in [-0.4, -0.2) is 11.5 Å². The summed E-state index contributed by atoms with van der Waals surface area (Å²) in [4.78, 5) is 4.50. The van der Waals surface area contributed by atoms with Crippen LogP contribution in [-0.2, 0) is 6.42 Å². The number of para-hydroxylation sites is 1. The van der Waals surface area contributed by atoms with Crippen molar-refractivity contribution in [3.63, 3.8) is 0 Å². The van der Waals surface area contributed by atoms with E-state index in [1.807, 2.05) is 30.3 Å². The van der Waals surface area contributed by atoms with Crippen LogP contribution < -0.4 is 10.1 Å². The number of benzene rings is 1. The van der Waals surface area contributed by atoms with E-state index in [4.69, 9.17) is 4.74 Å². The minimum absolute atomic E-state index is 0.266. The average molecular weight is 284 g/mol. The van der Waals surface area contributed by atoms with Crippen LogP contribution in [0.4, 0.5) is 0 Å². The number of aromatic nitrogens is 1. The van der Waals surface area contributed by atoms with Crippen molar-refractivity contribution < 1.29 is 4.74 Å². The predicted octanol–water partition coefficient (Wildman–Crippen LogP) is 4.50. The summed E-state index contributed by atoms with van der Waals surface area (Å²) in [5, 5.41) is 3.43. The van der Waals surface area contributed by atoms with Crippen LogP contribution in [0.5, 0.6) is 11.5 Å². The van der Waals surface area contributed by atoms with Gasteiger partial charge < -0.3 is 10.1 Å². The Morgan fingerprint density at radius 3 is 2.62 bits per heavy atom. The van der Waals surface area contributed by atoms with Crippen molar-refractivity contribution in [1.29, 1.82) is 0 Å². The van der Waals surface area contributed by atoms with Gasteiger partial charge in [0.15, 0.2) is 0 Å². The lowest BCUT2D eigenvalue weighted by Crippen LogP contribution is -2.20. The highest BCUT2D eigenvalue weighted by Gasteiger charge is 2.07. The summed E-state index contributed by atoms with van der Waals surface area (Å²) < 4.78 is 5.93. The van der Waals surface area contributed by atoms with Gasteiger partial charge in [0.2, 0.25) is 0 Å². The van der Waals surface area contributed by atoms with E-state index >= 15 is 0 Å². The summed E-state index contributed by atoms with van der Waals surface area (Å²) in [6.45, 7) is 7.43. The molecule has 0 saturated carbocycles. The molecule has 0 spiro atoms. The molecule has 0 amide bonds. The summed E-state index contributed by atoms with van der Waals surface area (Å²) >= 11 is 0. The van der Waals surface area contributed by atoms with Gasteiger partial charge in [-0.25, -0.2) is 0 Å². The van der Waals surface area contributed by atoms with Crippen LogP contribution in [0.3, 0.4) is 0 Å². The molecule has 0 aliphatic carbocycles. The van der Waals surface area contributed by atoms with Crippen LogP contribution in [0.2, 0.25) is 0 Å². The Kier molecular flexibility index (Phi) is 5.76. The van der Waals surface area contributed by atoms with Crippen LogP contribution in [0.25, 0.3) is 0 Å². The molecule has 1 aromatic carbocycles. The maximum Gasteiger partial charge on any atom is 0.145 e. The van der Waals surface area contributed by atoms with Gasteiger partial charge in [0.1, 0.15) is 11.5 Å². The van der Waals surface area contributed by atoms with Crippen molar-refractivity contribution in [3.05, 3.63) is 53.9 Å². The minimum atomic E-state index is 0.266. The molecular weight excluding hydrogens is 260 g/mol. The first kappa shape index (κ1) is 15.5. The van der Waals surface area contributed by atoms with Gasteiger partial charge in [-0.15, -0.1) is 0 Å². The van der Waals surface area contributed by atoms with Crippen LogP contribution in [0, 0.1) is 0 Å². The van der Waals surface area contributed by atoms with Crippen molar-refractivity contribution in [2.75, 3.05) is 6.54 Å². The predicted molar refractivity (Wildman–Crippen MR) is 86.8 cm³/mol. The number of nitrogens with zero attached hydrogens (tertiary/aromatic N) is 1. The van der Waals surface area contributed by atoms with Gasteiger partial charge in [-0.1, -0.05) is 32.0 Å². The quantitative estimate of drug-likeness (QED) is 0.813. The molecule has 0 radical (unpaired) electrons. The highest BCUT2D eigenvalue weighted by molar-refractivity contribution is 5.37. The topological polar surface area (TPSA) is 34.1 Å². The largest absolute Gasteiger partial charge is 0.455 e. The summed E-state index contributed by atoms with van der Waals surface area (Å²) in [5.74, 6) is 1.69. The standard InChI is InChI=1S/C18H24N2O/c1-4-12-19-14(3)17-11-10-16(13-20-17)21-18-9-7-6-8-15(18)5-2/h6-11,13-14,19H,4-5,12H2,1-3H3. The maximum atomic E-state index is 5.93. The highest BCUT2D eigenvalue weighted by atomic mass is 16.5. The third kappa shape index (κ3) is 4.30. The molecule has 2 aromatic rings. The SMILES string of the molecule is CCCNC(C)c1ccc(Oc2ccccc2CC)cn1. The normalized spacial score (nSPS) is 12.1. The van der Waals surface area contributed by atoms with E-state index in [1.165, 1.54) is 5.56 Å². The molecule has 3 heteroatoms.